The molecular weight excluding hydrogens is 266 g/mol. The number of aryl methyl sites for hydroxylation is 1. The van der Waals surface area contributed by atoms with Crippen LogP contribution in [0, 0.1) is 6.92 Å². The molecule has 5 nitrogen and oxygen atoms in total. The highest BCUT2D eigenvalue weighted by Gasteiger charge is 2.20. The molecular formula is C16H15N3O2. The van der Waals surface area contributed by atoms with E-state index in [0.717, 1.165) is 16.6 Å². The number of carbonyl (C=O) groups is 1. The van der Waals surface area contributed by atoms with Crippen LogP contribution in [0.4, 0.5) is 0 Å². The van der Waals surface area contributed by atoms with E-state index in [1.165, 1.54) is 0 Å². The van der Waals surface area contributed by atoms with Crippen molar-refractivity contribution in [1.29, 1.82) is 0 Å². The summed E-state index contributed by atoms with van der Waals surface area (Å²) in [7, 11) is 0. The van der Waals surface area contributed by atoms with Gasteiger partial charge >= 0.3 is 5.97 Å². The summed E-state index contributed by atoms with van der Waals surface area (Å²) in [5, 5.41) is 8.08. The number of rotatable bonds is 3. The summed E-state index contributed by atoms with van der Waals surface area (Å²) in [6.07, 6.45) is 0. The Balaban J connectivity index is 1.82. The van der Waals surface area contributed by atoms with Crippen LogP contribution < -0.4 is 4.74 Å². The van der Waals surface area contributed by atoms with E-state index in [-0.39, 0.29) is 5.97 Å². The molecule has 0 bridgehead atoms. The monoisotopic (exact) mass is 281 g/mol. The van der Waals surface area contributed by atoms with Crippen molar-refractivity contribution in [2.24, 2.45) is 0 Å². The number of hydrogen-bond acceptors (Lipinski definition) is 4. The second-order valence-corrected chi connectivity index (χ2v) is 4.93. The van der Waals surface area contributed by atoms with Crippen LogP contribution in [0.2, 0.25) is 0 Å². The summed E-state index contributed by atoms with van der Waals surface area (Å²) in [6, 6.07) is 14.3. The molecule has 1 atom stereocenters. The van der Waals surface area contributed by atoms with Gasteiger partial charge in [0, 0.05) is 0 Å². The number of ether oxygens (including phenoxy) is 1. The van der Waals surface area contributed by atoms with Gasteiger partial charge in [-0.15, -0.1) is 5.10 Å². The average molecular weight is 281 g/mol. The predicted molar refractivity (Wildman–Crippen MR) is 79.1 cm³/mol. The molecule has 1 heterocycles. The third kappa shape index (κ3) is 2.63. The number of esters is 1. The standard InChI is InChI=1S/C16H15N3O2/c1-11-7-9-13(10-8-11)21-16(20)12(2)19-15-6-4-3-5-14(15)17-18-19/h3-10,12H,1-2H3. The highest BCUT2D eigenvalue weighted by molar-refractivity contribution is 5.80. The minimum Gasteiger partial charge on any atom is -0.425 e. The molecule has 0 radical (unpaired) electrons. The Morgan fingerprint density at radius 1 is 1.14 bits per heavy atom. The molecule has 0 saturated heterocycles. The maximum Gasteiger partial charge on any atom is 0.336 e. The third-order valence-electron chi connectivity index (χ3n) is 3.32. The average Bonchev–Trinajstić information content (AvgIpc) is 2.92. The molecule has 106 valence electrons. The number of nitrogens with zero attached hydrogens (tertiary/aromatic N) is 3. The van der Waals surface area contributed by atoms with E-state index < -0.39 is 6.04 Å². The van der Waals surface area contributed by atoms with Crippen molar-refractivity contribution in [2.75, 3.05) is 0 Å². The normalized spacial score (nSPS) is 12.3. The van der Waals surface area contributed by atoms with E-state index in [9.17, 15) is 4.79 Å². The summed E-state index contributed by atoms with van der Waals surface area (Å²) in [5.74, 6) is 0.163. The van der Waals surface area contributed by atoms with Gasteiger partial charge in [0.05, 0.1) is 5.52 Å². The summed E-state index contributed by atoms with van der Waals surface area (Å²) in [6.45, 7) is 3.73. The minimum atomic E-state index is -0.543. The molecule has 3 aromatic rings. The zero-order chi connectivity index (χ0) is 14.8. The summed E-state index contributed by atoms with van der Waals surface area (Å²) in [5.41, 5.74) is 2.68. The molecule has 0 N–H and O–H groups in total. The van der Waals surface area contributed by atoms with Gasteiger partial charge in [-0.2, -0.15) is 0 Å². The van der Waals surface area contributed by atoms with Crippen molar-refractivity contribution in [3.05, 3.63) is 54.1 Å². The number of aromatic nitrogens is 3. The number of para-hydroxylation sites is 1. The quantitative estimate of drug-likeness (QED) is 0.547. The van der Waals surface area contributed by atoms with Crippen LogP contribution in [0.5, 0.6) is 5.75 Å². The third-order valence-corrected chi connectivity index (χ3v) is 3.32. The second-order valence-electron chi connectivity index (χ2n) is 4.93. The van der Waals surface area contributed by atoms with E-state index >= 15 is 0 Å². The Kier molecular flexibility index (Phi) is 3.39. The Hall–Kier alpha value is -2.69. The fourth-order valence-electron chi connectivity index (χ4n) is 2.08. The van der Waals surface area contributed by atoms with Gasteiger partial charge in [0.25, 0.3) is 0 Å². The number of benzene rings is 2. The van der Waals surface area contributed by atoms with Crippen LogP contribution in [0.15, 0.2) is 48.5 Å². The van der Waals surface area contributed by atoms with Crippen LogP contribution in [0.3, 0.4) is 0 Å². The summed E-state index contributed by atoms with van der Waals surface area (Å²) < 4.78 is 6.95. The molecule has 5 heteroatoms. The first-order valence-corrected chi connectivity index (χ1v) is 6.73. The minimum absolute atomic E-state index is 0.366. The number of hydrogen-bond donors (Lipinski definition) is 0. The molecule has 1 unspecified atom stereocenters. The van der Waals surface area contributed by atoms with E-state index in [4.69, 9.17) is 4.74 Å². The molecule has 3 rings (SSSR count). The van der Waals surface area contributed by atoms with Crippen molar-refractivity contribution in [2.45, 2.75) is 19.9 Å². The Labute approximate surface area is 122 Å². The molecule has 0 spiro atoms. The highest BCUT2D eigenvalue weighted by Crippen LogP contribution is 2.18. The van der Waals surface area contributed by atoms with Crippen molar-refractivity contribution in [3.63, 3.8) is 0 Å². The summed E-state index contributed by atoms with van der Waals surface area (Å²) in [4.78, 5) is 12.2. The Morgan fingerprint density at radius 3 is 2.62 bits per heavy atom. The summed E-state index contributed by atoms with van der Waals surface area (Å²) >= 11 is 0. The predicted octanol–water partition coefficient (Wildman–Crippen LogP) is 2.91. The SMILES string of the molecule is Cc1ccc(OC(=O)C(C)n2nnc3ccccc32)cc1. The highest BCUT2D eigenvalue weighted by atomic mass is 16.5. The smallest absolute Gasteiger partial charge is 0.336 e. The molecule has 1 aromatic heterocycles. The van der Waals surface area contributed by atoms with Gasteiger partial charge < -0.3 is 4.74 Å². The van der Waals surface area contributed by atoms with Crippen molar-refractivity contribution >= 4 is 17.0 Å². The fraction of sp³-hybridized carbons (Fsp3) is 0.188. The zero-order valence-corrected chi connectivity index (χ0v) is 11.9. The van der Waals surface area contributed by atoms with Crippen molar-refractivity contribution in [3.8, 4) is 5.75 Å². The molecule has 0 fully saturated rings. The van der Waals surface area contributed by atoms with Gasteiger partial charge in [-0.05, 0) is 38.1 Å². The van der Waals surface area contributed by atoms with Gasteiger partial charge in [-0.25, -0.2) is 9.48 Å². The Bertz CT molecular complexity index is 778. The largest absolute Gasteiger partial charge is 0.425 e. The van der Waals surface area contributed by atoms with Crippen molar-refractivity contribution in [1.82, 2.24) is 15.0 Å². The maximum atomic E-state index is 12.2. The molecule has 21 heavy (non-hydrogen) atoms. The first-order valence-electron chi connectivity index (χ1n) is 6.73. The molecule has 0 aliphatic heterocycles. The molecule has 0 amide bonds. The van der Waals surface area contributed by atoms with Gasteiger partial charge in [-0.1, -0.05) is 35.0 Å². The first kappa shape index (κ1) is 13.3. The maximum absolute atomic E-state index is 12.2. The lowest BCUT2D eigenvalue weighted by molar-refractivity contribution is -0.137. The van der Waals surface area contributed by atoms with Crippen molar-refractivity contribution < 1.29 is 9.53 Å². The lowest BCUT2D eigenvalue weighted by Gasteiger charge is -2.12. The van der Waals surface area contributed by atoms with Gasteiger partial charge in [-0.3, -0.25) is 0 Å². The molecule has 0 saturated carbocycles. The van der Waals surface area contributed by atoms with E-state index in [2.05, 4.69) is 10.3 Å². The lowest BCUT2D eigenvalue weighted by atomic mass is 10.2. The lowest BCUT2D eigenvalue weighted by Crippen LogP contribution is -2.22. The first-order chi connectivity index (χ1) is 10.1. The number of carbonyl (C=O) groups excluding carboxylic acids is 1. The van der Waals surface area contributed by atoms with Crippen LogP contribution >= 0.6 is 0 Å². The topological polar surface area (TPSA) is 57.0 Å². The van der Waals surface area contributed by atoms with Gasteiger partial charge in [0.1, 0.15) is 17.3 Å². The van der Waals surface area contributed by atoms with E-state index in [1.54, 1.807) is 23.7 Å². The van der Waals surface area contributed by atoms with Crippen LogP contribution in [0.25, 0.3) is 11.0 Å². The van der Waals surface area contributed by atoms with Gasteiger partial charge in [0.2, 0.25) is 0 Å². The molecule has 2 aromatic carbocycles. The molecule has 0 aliphatic rings. The fourth-order valence-corrected chi connectivity index (χ4v) is 2.08. The molecule has 0 aliphatic carbocycles. The van der Waals surface area contributed by atoms with Gasteiger partial charge in [0.15, 0.2) is 0 Å². The van der Waals surface area contributed by atoms with Crippen LogP contribution in [0.1, 0.15) is 18.5 Å². The van der Waals surface area contributed by atoms with E-state index in [0.29, 0.717) is 5.75 Å². The second kappa shape index (κ2) is 5.36. The number of fused-ring (bicyclic) bond motifs is 1. The zero-order valence-electron chi connectivity index (χ0n) is 11.9. The Morgan fingerprint density at radius 2 is 1.86 bits per heavy atom. The van der Waals surface area contributed by atoms with E-state index in [1.807, 2.05) is 43.3 Å². The van der Waals surface area contributed by atoms with Crippen LogP contribution in [-0.2, 0) is 4.79 Å². The van der Waals surface area contributed by atoms with Crippen LogP contribution in [-0.4, -0.2) is 21.0 Å².